The predicted molar refractivity (Wildman–Crippen MR) is 119 cm³/mol. The van der Waals surface area contributed by atoms with Crippen molar-refractivity contribution in [1.29, 1.82) is 0 Å². The third-order valence-corrected chi connectivity index (χ3v) is 5.46. The molecule has 2 aromatic rings. The molecule has 0 atom stereocenters. The summed E-state index contributed by atoms with van der Waals surface area (Å²) in [5.74, 6) is 0.229. The summed E-state index contributed by atoms with van der Waals surface area (Å²) < 4.78 is 0. The van der Waals surface area contributed by atoms with Gasteiger partial charge in [-0.2, -0.15) is 0 Å². The molecule has 5 heteroatoms. The number of piperazine rings is 1. The first kappa shape index (κ1) is 21.5. The Morgan fingerprint density at radius 1 is 0.793 bits per heavy atom. The molecular weight excluding hydrogens is 360 g/mol. The van der Waals surface area contributed by atoms with Crippen LogP contribution in [0.1, 0.15) is 11.1 Å². The molecule has 5 nitrogen and oxygen atoms in total. The Kier molecular flexibility index (Phi) is 8.23. The number of hydrogen-bond acceptors (Lipinski definition) is 4. The highest BCUT2D eigenvalue weighted by Crippen LogP contribution is 2.10. The lowest BCUT2D eigenvalue weighted by atomic mass is 10.2. The van der Waals surface area contributed by atoms with Crippen LogP contribution >= 0.6 is 0 Å². The second-order valence-electron chi connectivity index (χ2n) is 8.14. The maximum absolute atomic E-state index is 13.1. The van der Waals surface area contributed by atoms with Crippen molar-refractivity contribution in [2.45, 2.75) is 13.1 Å². The minimum atomic E-state index is 0.229. The van der Waals surface area contributed by atoms with E-state index in [1.54, 1.807) is 0 Å². The first-order valence-electron chi connectivity index (χ1n) is 10.6. The van der Waals surface area contributed by atoms with Gasteiger partial charge in [0.15, 0.2) is 0 Å². The highest BCUT2D eigenvalue weighted by Gasteiger charge is 2.22. The van der Waals surface area contributed by atoms with Crippen LogP contribution in [0.3, 0.4) is 0 Å². The number of nitrogens with zero attached hydrogens (tertiary/aromatic N) is 4. The summed E-state index contributed by atoms with van der Waals surface area (Å²) in [7, 11) is 4.11. The summed E-state index contributed by atoms with van der Waals surface area (Å²) in [4.78, 5) is 22.0. The van der Waals surface area contributed by atoms with Gasteiger partial charge in [0.1, 0.15) is 0 Å². The van der Waals surface area contributed by atoms with Crippen LogP contribution in [0.15, 0.2) is 60.7 Å². The molecule has 29 heavy (non-hydrogen) atoms. The SMILES string of the molecule is CN(C)CCN(Cc1ccccc1)C(=O)CN1CCN(Cc2ccccc2)CC1. The van der Waals surface area contributed by atoms with Gasteiger partial charge in [0, 0.05) is 52.4 Å². The van der Waals surface area contributed by atoms with Gasteiger partial charge >= 0.3 is 0 Å². The minimum absolute atomic E-state index is 0.229. The molecular formula is C24H34N4O. The predicted octanol–water partition coefficient (Wildman–Crippen LogP) is 2.39. The van der Waals surface area contributed by atoms with E-state index in [0.29, 0.717) is 13.1 Å². The van der Waals surface area contributed by atoms with Crippen LogP contribution in [-0.2, 0) is 17.9 Å². The Hall–Kier alpha value is -2.21. The minimum Gasteiger partial charge on any atom is -0.336 e. The molecule has 0 bridgehead atoms. The summed E-state index contributed by atoms with van der Waals surface area (Å²) in [5.41, 5.74) is 2.54. The van der Waals surface area contributed by atoms with Crippen molar-refractivity contribution in [1.82, 2.24) is 19.6 Å². The second kappa shape index (κ2) is 11.1. The Balaban J connectivity index is 1.49. The molecule has 0 N–H and O–H groups in total. The van der Waals surface area contributed by atoms with Crippen molar-refractivity contribution in [3.8, 4) is 0 Å². The fourth-order valence-corrected chi connectivity index (χ4v) is 3.65. The second-order valence-corrected chi connectivity index (χ2v) is 8.14. The third kappa shape index (κ3) is 7.28. The molecule has 2 aromatic carbocycles. The molecule has 0 radical (unpaired) electrons. The first-order chi connectivity index (χ1) is 14.1. The fourth-order valence-electron chi connectivity index (χ4n) is 3.65. The monoisotopic (exact) mass is 394 g/mol. The van der Waals surface area contributed by atoms with Crippen LogP contribution in [0.2, 0.25) is 0 Å². The Labute approximate surface area is 175 Å². The van der Waals surface area contributed by atoms with Crippen molar-refractivity contribution in [2.24, 2.45) is 0 Å². The van der Waals surface area contributed by atoms with Crippen LogP contribution in [0.5, 0.6) is 0 Å². The molecule has 0 saturated carbocycles. The molecule has 3 rings (SSSR count). The molecule has 1 amide bonds. The molecule has 0 unspecified atom stereocenters. The first-order valence-corrected chi connectivity index (χ1v) is 10.6. The van der Waals surface area contributed by atoms with E-state index in [1.807, 2.05) is 23.1 Å². The standard InChI is InChI=1S/C24H34N4O/c1-25(2)13-18-28(20-23-11-7-4-8-12-23)24(29)21-27-16-14-26(15-17-27)19-22-9-5-3-6-10-22/h3-12H,13-21H2,1-2H3. The van der Waals surface area contributed by atoms with Gasteiger partial charge in [0.2, 0.25) is 5.91 Å². The lowest BCUT2D eigenvalue weighted by Crippen LogP contribution is -2.50. The number of benzene rings is 2. The molecule has 156 valence electrons. The molecule has 1 aliphatic rings. The highest BCUT2D eigenvalue weighted by atomic mass is 16.2. The van der Waals surface area contributed by atoms with Crippen molar-refractivity contribution >= 4 is 5.91 Å². The number of hydrogen-bond donors (Lipinski definition) is 0. The zero-order valence-corrected chi connectivity index (χ0v) is 17.8. The molecule has 0 aromatic heterocycles. The topological polar surface area (TPSA) is 30.0 Å². The van der Waals surface area contributed by atoms with E-state index in [4.69, 9.17) is 0 Å². The molecule has 1 heterocycles. The van der Waals surface area contributed by atoms with Crippen LogP contribution < -0.4 is 0 Å². The maximum atomic E-state index is 13.1. The number of rotatable bonds is 9. The smallest absolute Gasteiger partial charge is 0.237 e. The van der Waals surface area contributed by atoms with Crippen LogP contribution in [0, 0.1) is 0 Å². The Morgan fingerprint density at radius 2 is 1.34 bits per heavy atom. The van der Waals surface area contributed by atoms with Crippen LogP contribution in [0.25, 0.3) is 0 Å². The van der Waals surface area contributed by atoms with E-state index in [1.165, 1.54) is 11.1 Å². The largest absolute Gasteiger partial charge is 0.336 e. The molecule has 0 aliphatic carbocycles. The molecule has 1 saturated heterocycles. The van der Waals surface area contributed by atoms with Crippen molar-refractivity contribution < 1.29 is 4.79 Å². The quantitative estimate of drug-likeness (QED) is 0.653. The summed E-state index contributed by atoms with van der Waals surface area (Å²) in [5, 5.41) is 0. The molecule has 0 spiro atoms. The van der Waals surface area contributed by atoms with Gasteiger partial charge in [-0.15, -0.1) is 0 Å². The fraction of sp³-hybridized carbons (Fsp3) is 0.458. The number of carbonyl (C=O) groups excluding carboxylic acids is 1. The zero-order chi connectivity index (χ0) is 20.5. The zero-order valence-electron chi connectivity index (χ0n) is 17.8. The summed E-state index contributed by atoms with van der Waals surface area (Å²) in [6.07, 6.45) is 0. The number of likely N-dealkylation sites (N-methyl/N-ethyl adjacent to an activating group) is 1. The van der Waals surface area contributed by atoms with Crippen LogP contribution in [0.4, 0.5) is 0 Å². The summed E-state index contributed by atoms with van der Waals surface area (Å²) in [6.45, 7) is 7.75. The van der Waals surface area contributed by atoms with E-state index in [-0.39, 0.29) is 5.91 Å². The average Bonchev–Trinajstić information content (AvgIpc) is 2.74. The molecule has 1 fully saturated rings. The van der Waals surface area contributed by atoms with E-state index in [2.05, 4.69) is 71.3 Å². The van der Waals surface area contributed by atoms with Gasteiger partial charge in [-0.25, -0.2) is 0 Å². The normalized spacial score (nSPS) is 15.6. The van der Waals surface area contributed by atoms with E-state index < -0.39 is 0 Å². The van der Waals surface area contributed by atoms with Gasteiger partial charge in [0.25, 0.3) is 0 Å². The van der Waals surface area contributed by atoms with Gasteiger partial charge in [-0.1, -0.05) is 60.7 Å². The van der Waals surface area contributed by atoms with Gasteiger partial charge in [-0.3, -0.25) is 14.6 Å². The van der Waals surface area contributed by atoms with E-state index in [9.17, 15) is 4.79 Å². The van der Waals surface area contributed by atoms with Crippen molar-refractivity contribution in [3.63, 3.8) is 0 Å². The third-order valence-electron chi connectivity index (χ3n) is 5.46. The van der Waals surface area contributed by atoms with E-state index in [0.717, 1.165) is 45.8 Å². The lowest BCUT2D eigenvalue weighted by molar-refractivity contribution is -0.133. The Morgan fingerprint density at radius 3 is 1.93 bits per heavy atom. The van der Waals surface area contributed by atoms with Crippen LogP contribution in [-0.4, -0.2) is 85.4 Å². The van der Waals surface area contributed by atoms with Gasteiger partial charge in [-0.05, 0) is 25.2 Å². The van der Waals surface area contributed by atoms with Crippen molar-refractivity contribution in [3.05, 3.63) is 71.8 Å². The summed E-state index contributed by atoms with van der Waals surface area (Å²) in [6, 6.07) is 20.9. The number of amides is 1. The molecule has 1 aliphatic heterocycles. The summed E-state index contributed by atoms with van der Waals surface area (Å²) >= 11 is 0. The Bertz CT molecular complexity index is 727. The van der Waals surface area contributed by atoms with Crippen molar-refractivity contribution in [2.75, 3.05) is 59.9 Å². The highest BCUT2D eigenvalue weighted by molar-refractivity contribution is 5.78. The maximum Gasteiger partial charge on any atom is 0.237 e. The lowest BCUT2D eigenvalue weighted by Gasteiger charge is -2.35. The average molecular weight is 395 g/mol. The van der Waals surface area contributed by atoms with E-state index >= 15 is 0 Å². The van der Waals surface area contributed by atoms with Gasteiger partial charge in [0.05, 0.1) is 6.54 Å². The van der Waals surface area contributed by atoms with Gasteiger partial charge < -0.3 is 9.80 Å². The number of carbonyl (C=O) groups is 1.